The molecule has 0 atom stereocenters. The van der Waals surface area contributed by atoms with E-state index in [2.05, 4.69) is 15.2 Å². The molecule has 1 aliphatic heterocycles. The van der Waals surface area contributed by atoms with Crippen LogP contribution in [-0.4, -0.2) is 39.1 Å². The molecule has 0 radical (unpaired) electrons. The Balaban J connectivity index is 1.62. The Hall–Kier alpha value is -2.61. The van der Waals surface area contributed by atoms with Crippen molar-refractivity contribution in [2.24, 2.45) is 0 Å². The summed E-state index contributed by atoms with van der Waals surface area (Å²) >= 11 is 1.20. The number of nitrogens with zero attached hydrogens (tertiary/aromatic N) is 4. The molecule has 1 saturated heterocycles. The van der Waals surface area contributed by atoms with Crippen molar-refractivity contribution in [3.05, 3.63) is 46.2 Å². The minimum absolute atomic E-state index is 0.00506. The Kier molecular flexibility index (Phi) is 3.47. The minimum atomic E-state index is -1.55. The predicted octanol–water partition coefficient (Wildman–Crippen LogP) is 2.61. The molecule has 0 aliphatic carbocycles. The zero-order valence-electron chi connectivity index (χ0n) is 13.8. The van der Waals surface area contributed by atoms with Gasteiger partial charge in [-0.1, -0.05) is 6.07 Å². The molecule has 3 aromatic rings. The molecule has 1 fully saturated rings. The molecule has 2 N–H and O–H groups in total. The van der Waals surface area contributed by atoms with Crippen LogP contribution in [0.1, 0.15) is 26.5 Å². The number of anilines is 1. The number of carbonyl (C=O) groups excluding carboxylic acids is 1. The van der Waals surface area contributed by atoms with Gasteiger partial charge < -0.3 is 10.6 Å². The number of likely N-dealkylation sites (tertiary alicyclic amines) is 1. The van der Waals surface area contributed by atoms with E-state index in [4.69, 9.17) is 5.73 Å². The molecule has 4 rings (SSSR count). The Morgan fingerprint density at radius 3 is 2.80 bits per heavy atom. The van der Waals surface area contributed by atoms with Crippen molar-refractivity contribution in [1.82, 2.24) is 20.1 Å². The van der Waals surface area contributed by atoms with E-state index in [1.165, 1.54) is 22.4 Å². The van der Waals surface area contributed by atoms with Crippen molar-refractivity contribution in [1.29, 1.82) is 0 Å². The average Bonchev–Trinajstić information content (AvgIpc) is 2.93. The van der Waals surface area contributed by atoms with Crippen LogP contribution in [0.15, 0.2) is 24.5 Å². The first kappa shape index (κ1) is 15.9. The first-order valence-corrected chi connectivity index (χ1v) is 8.63. The molecule has 0 bridgehead atoms. The third-order valence-corrected chi connectivity index (χ3v) is 5.76. The van der Waals surface area contributed by atoms with Crippen LogP contribution in [0.2, 0.25) is 0 Å². The molecule has 0 saturated carbocycles. The van der Waals surface area contributed by atoms with Crippen LogP contribution in [0.5, 0.6) is 0 Å². The molecule has 0 unspecified atom stereocenters. The molecule has 25 heavy (non-hydrogen) atoms. The Bertz CT molecular complexity index is 982. The number of aromatic nitrogens is 3. The smallest absolute Gasteiger partial charge is 0.266 e. The number of aryl methyl sites for hydroxylation is 2. The van der Waals surface area contributed by atoms with Gasteiger partial charge in [0, 0.05) is 23.3 Å². The van der Waals surface area contributed by atoms with Gasteiger partial charge in [-0.25, -0.2) is 4.39 Å². The van der Waals surface area contributed by atoms with E-state index in [0.29, 0.717) is 21.0 Å². The molecular weight excluding hydrogens is 341 g/mol. The van der Waals surface area contributed by atoms with Gasteiger partial charge in [0.15, 0.2) is 5.67 Å². The lowest BCUT2D eigenvalue weighted by Crippen LogP contribution is -2.58. The van der Waals surface area contributed by atoms with Gasteiger partial charge in [0.05, 0.1) is 24.5 Å². The number of amides is 1. The van der Waals surface area contributed by atoms with Crippen molar-refractivity contribution in [2.45, 2.75) is 19.5 Å². The Labute approximate surface area is 147 Å². The monoisotopic (exact) mass is 357 g/mol. The summed E-state index contributed by atoms with van der Waals surface area (Å²) in [6.07, 6.45) is 3.09. The van der Waals surface area contributed by atoms with Gasteiger partial charge in [-0.05, 0) is 25.5 Å². The number of nitrogen functional groups attached to an aromatic ring is 1. The molecule has 1 aliphatic rings. The number of halogens is 1. The van der Waals surface area contributed by atoms with Crippen molar-refractivity contribution >= 4 is 33.1 Å². The van der Waals surface area contributed by atoms with Crippen LogP contribution in [0.3, 0.4) is 0 Å². The highest BCUT2D eigenvalue weighted by molar-refractivity contribution is 7.21. The summed E-state index contributed by atoms with van der Waals surface area (Å²) in [5, 5.41) is 8.96. The summed E-state index contributed by atoms with van der Waals surface area (Å²) in [6, 6.07) is 3.37. The number of fused-ring (bicyclic) bond motifs is 1. The van der Waals surface area contributed by atoms with Crippen LogP contribution in [0.25, 0.3) is 10.2 Å². The second-order valence-electron chi connectivity index (χ2n) is 6.30. The molecule has 1 amide bonds. The van der Waals surface area contributed by atoms with Crippen LogP contribution in [-0.2, 0) is 5.67 Å². The van der Waals surface area contributed by atoms with Gasteiger partial charge in [-0.15, -0.1) is 16.4 Å². The second-order valence-corrected chi connectivity index (χ2v) is 7.30. The van der Waals surface area contributed by atoms with E-state index in [9.17, 15) is 9.18 Å². The van der Waals surface area contributed by atoms with Gasteiger partial charge in [-0.2, -0.15) is 5.10 Å². The molecule has 128 valence electrons. The highest BCUT2D eigenvalue weighted by atomic mass is 32.1. The first-order valence-electron chi connectivity index (χ1n) is 7.81. The Morgan fingerprint density at radius 2 is 2.12 bits per heavy atom. The third-order valence-electron chi connectivity index (χ3n) is 4.68. The molecular formula is C17H16FN5OS. The van der Waals surface area contributed by atoms with Crippen molar-refractivity contribution < 1.29 is 9.18 Å². The molecule has 8 heteroatoms. The highest BCUT2D eigenvalue weighted by Gasteiger charge is 2.48. The summed E-state index contributed by atoms with van der Waals surface area (Å²) in [5.74, 6) is -0.269. The number of rotatable bonds is 2. The summed E-state index contributed by atoms with van der Waals surface area (Å²) in [4.78, 5) is 19.2. The van der Waals surface area contributed by atoms with Crippen LogP contribution in [0.4, 0.5) is 10.1 Å². The maximum atomic E-state index is 14.9. The maximum Gasteiger partial charge on any atom is 0.266 e. The molecule has 0 aromatic carbocycles. The summed E-state index contributed by atoms with van der Waals surface area (Å²) in [6.45, 7) is 3.74. The third kappa shape index (κ3) is 2.36. The summed E-state index contributed by atoms with van der Waals surface area (Å²) < 4.78 is 14.9. The molecule has 6 nitrogen and oxygen atoms in total. The van der Waals surface area contributed by atoms with Crippen LogP contribution >= 0.6 is 11.3 Å². The molecule has 4 heterocycles. The van der Waals surface area contributed by atoms with Gasteiger partial charge >= 0.3 is 0 Å². The summed E-state index contributed by atoms with van der Waals surface area (Å²) in [5.41, 5.74) is 7.22. The zero-order chi connectivity index (χ0) is 17.8. The van der Waals surface area contributed by atoms with E-state index in [0.717, 1.165) is 16.6 Å². The normalized spacial score (nSPS) is 16.0. The largest absolute Gasteiger partial charge is 0.397 e. The number of pyridine rings is 1. The number of alkyl halides is 1. The fourth-order valence-corrected chi connectivity index (χ4v) is 4.12. The quantitative estimate of drug-likeness (QED) is 0.762. The van der Waals surface area contributed by atoms with Gasteiger partial charge in [-0.3, -0.25) is 9.78 Å². The minimum Gasteiger partial charge on any atom is -0.397 e. The standard InChI is InChI=1S/C17H16FN5OS/c1-9-10(2)21-22-15-12(9)13(19)14(25-15)16(24)23-7-17(18,8-23)11-4-3-5-20-6-11/h3-6H,7-8,19H2,1-2H3. The fraction of sp³-hybridized carbons (Fsp3) is 0.294. The summed E-state index contributed by atoms with van der Waals surface area (Å²) in [7, 11) is 0. The lowest BCUT2D eigenvalue weighted by molar-refractivity contribution is -0.0229. The van der Waals surface area contributed by atoms with Gasteiger partial charge in [0.1, 0.15) is 9.71 Å². The number of hydrogen-bond acceptors (Lipinski definition) is 6. The fourth-order valence-electron chi connectivity index (χ4n) is 3.06. The molecule has 0 spiro atoms. The first-order chi connectivity index (χ1) is 11.9. The lowest BCUT2D eigenvalue weighted by Gasteiger charge is -2.44. The van der Waals surface area contributed by atoms with E-state index >= 15 is 0 Å². The Morgan fingerprint density at radius 1 is 1.36 bits per heavy atom. The number of carbonyl (C=O) groups is 1. The average molecular weight is 357 g/mol. The van der Waals surface area contributed by atoms with E-state index in [1.54, 1.807) is 18.3 Å². The lowest BCUT2D eigenvalue weighted by atomic mass is 9.89. The topological polar surface area (TPSA) is 85.0 Å². The zero-order valence-corrected chi connectivity index (χ0v) is 14.6. The number of hydrogen-bond donors (Lipinski definition) is 1. The van der Waals surface area contributed by atoms with E-state index in [-0.39, 0.29) is 19.0 Å². The van der Waals surface area contributed by atoms with Crippen LogP contribution in [0, 0.1) is 13.8 Å². The van der Waals surface area contributed by atoms with E-state index < -0.39 is 5.67 Å². The number of thiophene rings is 1. The predicted molar refractivity (Wildman–Crippen MR) is 94.2 cm³/mol. The second kappa shape index (κ2) is 5.45. The molecule has 3 aromatic heterocycles. The maximum absolute atomic E-state index is 14.9. The van der Waals surface area contributed by atoms with Crippen LogP contribution < -0.4 is 5.73 Å². The SMILES string of the molecule is Cc1nnc2sc(C(=O)N3CC(F)(c4cccnc4)C3)c(N)c2c1C. The van der Waals surface area contributed by atoms with Crippen molar-refractivity contribution in [2.75, 3.05) is 18.8 Å². The van der Waals surface area contributed by atoms with E-state index in [1.807, 2.05) is 13.8 Å². The number of nitrogens with two attached hydrogens (primary N) is 1. The van der Waals surface area contributed by atoms with Crippen molar-refractivity contribution in [3.8, 4) is 0 Å². The van der Waals surface area contributed by atoms with Crippen molar-refractivity contribution in [3.63, 3.8) is 0 Å². The highest BCUT2D eigenvalue weighted by Crippen LogP contribution is 2.40. The van der Waals surface area contributed by atoms with Gasteiger partial charge in [0.25, 0.3) is 5.91 Å². The van der Waals surface area contributed by atoms with Gasteiger partial charge in [0.2, 0.25) is 0 Å².